The minimum atomic E-state index is 0.138. The van der Waals surface area contributed by atoms with Crippen LogP contribution in [-0.2, 0) is 4.79 Å². The van der Waals surface area contributed by atoms with Gasteiger partial charge >= 0.3 is 0 Å². The molecule has 0 unspecified atom stereocenters. The van der Waals surface area contributed by atoms with Crippen LogP contribution in [0.25, 0.3) is 0 Å². The lowest BCUT2D eigenvalue weighted by Crippen LogP contribution is -2.39. The second-order valence-electron chi connectivity index (χ2n) is 6.87. The third-order valence-electron chi connectivity index (χ3n) is 3.57. The first kappa shape index (κ1) is 17.8. The number of hydrogen-bond donors (Lipinski definition) is 2. The third-order valence-corrected chi connectivity index (χ3v) is 3.57. The van der Waals surface area contributed by atoms with Gasteiger partial charge in [0.2, 0.25) is 5.91 Å². The Kier molecular flexibility index (Phi) is 7.54. The van der Waals surface area contributed by atoms with Gasteiger partial charge in [0, 0.05) is 26.2 Å². The van der Waals surface area contributed by atoms with Crippen molar-refractivity contribution in [1.82, 2.24) is 15.5 Å². The molecule has 1 fully saturated rings. The predicted octanol–water partition coefficient (Wildman–Crippen LogP) is 1.99. The fraction of sp³-hybridized carbons (Fsp3) is 0.875. The van der Waals surface area contributed by atoms with E-state index in [1.165, 1.54) is 6.42 Å². The average molecular weight is 296 g/mol. The number of likely N-dealkylation sites (tertiary alicyclic amines) is 1. The predicted molar refractivity (Wildman–Crippen MR) is 88.5 cm³/mol. The van der Waals surface area contributed by atoms with Crippen molar-refractivity contribution in [2.75, 3.05) is 32.7 Å². The van der Waals surface area contributed by atoms with Gasteiger partial charge in [-0.1, -0.05) is 20.8 Å². The molecule has 1 saturated heterocycles. The molecule has 0 bridgehead atoms. The number of carbonyl (C=O) groups is 1. The fourth-order valence-corrected chi connectivity index (χ4v) is 2.38. The van der Waals surface area contributed by atoms with Crippen LogP contribution in [-0.4, -0.2) is 49.5 Å². The zero-order chi connectivity index (χ0) is 15.7. The summed E-state index contributed by atoms with van der Waals surface area (Å²) in [6.07, 6.45) is 4.53. The van der Waals surface area contributed by atoms with Crippen molar-refractivity contribution in [2.24, 2.45) is 10.4 Å². The van der Waals surface area contributed by atoms with Crippen LogP contribution < -0.4 is 10.6 Å². The fourth-order valence-electron chi connectivity index (χ4n) is 2.38. The summed E-state index contributed by atoms with van der Waals surface area (Å²) in [4.78, 5) is 18.3. The molecule has 0 aliphatic carbocycles. The van der Waals surface area contributed by atoms with E-state index in [9.17, 15) is 4.79 Å². The summed E-state index contributed by atoms with van der Waals surface area (Å²) in [6, 6.07) is 0. The van der Waals surface area contributed by atoms with Crippen molar-refractivity contribution < 1.29 is 4.79 Å². The van der Waals surface area contributed by atoms with E-state index < -0.39 is 0 Å². The number of aliphatic imine (C=N–C) groups is 1. The van der Waals surface area contributed by atoms with Gasteiger partial charge in [0.05, 0.1) is 0 Å². The molecular weight excluding hydrogens is 264 g/mol. The normalized spacial score (nSPS) is 16.2. The van der Waals surface area contributed by atoms with Gasteiger partial charge in [-0.3, -0.25) is 4.79 Å². The quantitative estimate of drug-likeness (QED) is 0.448. The van der Waals surface area contributed by atoms with Gasteiger partial charge in [0.25, 0.3) is 0 Å². The van der Waals surface area contributed by atoms with E-state index in [2.05, 4.69) is 36.4 Å². The summed E-state index contributed by atoms with van der Waals surface area (Å²) < 4.78 is 0. The first-order valence-electron chi connectivity index (χ1n) is 8.22. The van der Waals surface area contributed by atoms with Crippen LogP contribution in [0.4, 0.5) is 0 Å². The van der Waals surface area contributed by atoms with Gasteiger partial charge in [-0.2, -0.15) is 0 Å². The van der Waals surface area contributed by atoms with Gasteiger partial charge in [0.15, 0.2) is 5.96 Å². The van der Waals surface area contributed by atoms with Crippen LogP contribution in [0.2, 0.25) is 0 Å². The van der Waals surface area contributed by atoms with Gasteiger partial charge < -0.3 is 15.5 Å². The highest BCUT2D eigenvalue weighted by Gasteiger charge is 2.17. The Morgan fingerprint density at radius 3 is 2.43 bits per heavy atom. The van der Waals surface area contributed by atoms with E-state index in [1.54, 1.807) is 0 Å². The summed E-state index contributed by atoms with van der Waals surface area (Å²) in [6.45, 7) is 12.5. The van der Waals surface area contributed by atoms with E-state index >= 15 is 0 Å². The lowest BCUT2D eigenvalue weighted by molar-refractivity contribution is -0.128. The molecule has 5 heteroatoms. The smallest absolute Gasteiger partial charge is 0.244 e. The summed E-state index contributed by atoms with van der Waals surface area (Å²) in [5.74, 6) is 0.887. The molecule has 0 radical (unpaired) electrons. The van der Waals surface area contributed by atoms with Gasteiger partial charge in [0.1, 0.15) is 6.54 Å². The summed E-state index contributed by atoms with van der Waals surface area (Å²) in [5.41, 5.74) is 0.364. The number of rotatable bonds is 6. The molecule has 122 valence electrons. The molecule has 0 aromatic heterocycles. The van der Waals surface area contributed by atoms with Crippen LogP contribution in [0.5, 0.6) is 0 Å². The molecule has 0 aromatic rings. The Hall–Kier alpha value is -1.26. The average Bonchev–Trinajstić information content (AvgIpc) is 2.93. The Bertz CT molecular complexity index is 341. The van der Waals surface area contributed by atoms with E-state index in [0.717, 1.165) is 51.4 Å². The van der Waals surface area contributed by atoms with E-state index in [4.69, 9.17) is 0 Å². The minimum absolute atomic E-state index is 0.138. The van der Waals surface area contributed by atoms with Crippen molar-refractivity contribution in [1.29, 1.82) is 0 Å². The maximum Gasteiger partial charge on any atom is 0.244 e. The van der Waals surface area contributed by atoms with Crippen LogP contribution in [0.1, 0.15) is 53.4 Å². The van der Waals surface area contributed by atoms with Crippen molar-refractivity contribution in [3.63, 3.8) is 0 Å². The molecule has 0 aromatic carbocycles. The Balaban J connectivity index is 2.33. The molecule has 0 atom stereocenters. The first-order chi connectivity index (χ1) is 9.92. The molecule has 1 aliphatic rings. The van der Waals surface area contributed by atoms with Crippen molar-refractivity contribution >= 4 is 11.9 Å². The van der Waals surface area contributed by atoms with Crippen LogP contribution in [0.15, 0.2) is 4.99 Å². The molecule has 2 N–H and O–H groups in total. The molecular formula is C16H32N4O. The van der Waals surface area contributed by atoms with Crippen molar-refractivity contribution in [3.8, 4) is 0 Å². The zero-order valence-corrected chi connectivity index (χ0v) is 14.2. The highest BCUT2D eigenvalue weighted by molar-refractivity contribution is 5.85. The largest absolute Gasteiger partial charge is 0.357 e. The Morgan fingerprint density at radius 2 is 1.86 bits per heavy atom. The van der Waals surface area contributed by atoms with Crippen LogP contribution >= 0.6 is 0 Å². The molecule has 1 rings (SSSR count). The number of hydrogen-bond acceptors (Lipinski definition) is 2. The van der Waals surface area contributed by atoms with Gasteiger partial charge in [-0.05, 0) is 38.0 Å². The second kappa shape index (κ2) is 8.90. The number of nitrogens with zero attached hydrogens (tertiary/aromatic N) is 2. The maximum absolute atomic E-state index is 12.0. The Morgan fingerprint density at radius 1 is 1.19 bits per heavy atom. The highest BCUT2D eigenvalue weighted by Crippen LogP contribution is 2.19. The standard InChI is InChI=1S/C16H32N4O/c1-5-17-15(18-10-8-9-16(2,3)4)19-13-14(21)20-11-6-7-12-20/h5-13H2,1-4H3,(H2,17,18,19). The number of amides is 1. The lowest BCUT2D eigenvalue weighted by Gasteiger charge is -2.19. The van der Waals surface area contributed by atoms with Crippen molar-refractivity contribution in [2.45, 2.75) is 53.4 Å². The number of carbonyl (C=O) groups excluding carboxylic acids is 1. The van der Waals surface area contributed by atoms with Gasteiger partial charge in [-0.25, -0.2) is 4.99 Å². The lowest BCUT2D eigenvalue weighted by atomic mass is 9.91. The SMILES string of the molecule is CCNC(=NCC(=O)N1CCCC1)NCCCC(C)(C)C. The van der Waals surface area contributed by atoms with E-state index in [1.807, 2.05) is 11.8 Å². The van der Waals surface area contributed by atoms with Crippen molar-refractivity contribution in [3.05, 3.63) is 0 Å². The Labute approximate surface area is 129 Å². The summed E-state index contributed by atoms with van der Waals surface area (Å²) >= 11 is 0. The van der Waals surface area contributed by atoms with Crippen LogP contribution in [0.3, 0.4) is 0 Å². The zero-order valence-electron chi connectivity index (χ0n) is 14.2. The molecule has 0 spiro atoms. The highest BCUT2D eigenvalue weighted by atomic mass is 16.2. The molecule has 1 heterocycles. The maximum atomic E-state index is 12.0. The third kappa shape index (κ3) is 7.93. The van der Waals surface area contributed by atoms with E-state index in [0.29, 0.717) is 5.41 Å². The molecule has 1 amide bonds. The van der Waals surface area contributed by atoms with E-state index in [-0.39, 0.29) is 12.5 Å². The first-order valence-corrected chi connectivity index (χ1v) is 8.22. The molecule has 1 aliphatic heterocycles. The summed E-state index contributed by atoms with van der Waals surface area (Å²) in [7, 11) is 0. The van der Waals surface area contributed by atoms with Gasteiger partial charge in [-0.15, -0.1) is 0 Å². The molecule has 21 heavy (non-hydrogen) atoms. The minimum Gasteiger partial charge on any atom is -0.357 e. The molecule has 5 nitrogen and oxygen atoms in total. The second-order valence-corrected chi connectivity index (χ2v) is 6.87. The topological polar surface area (TPSA) is 56.7 Å². The van der Waals surface area contributed by atoms with Crippen LogP contribution in [0, 0.1) is 5.41 Å². The molecule has 0 saturated carbocycles. The summed E-state index contributed by atoms with van der Waals surface area (Å²) in [5, 5.41) is 6.50. The monoisotopic (exact) mass is 296 g/mol. The number of nitrogens with one attached hydrogen (secondary N) is 2. The number of guanidine groups is 1.